The predicted octanol–water partition coefficient (Wildman–Crippen LogP) is 5.91. The van der Waals surface area contributed by atoms with Crippen LogP contribution in [-0.2, 0) is 19.3 Å². The second-order valence-electron chi connectivity index (χ2n) is 6.90. The van der Waals surface area contributed by atoms with Crippen LogP contribution in [0.3, 0.4) is 0 Å². The molecule has 2 aromatic carbocycles. The molecular formula is C23H21F4N3O. The van der Waals surface area contributed by atoms with Crippen molar-refractivity contribution in [1.29, 1.82) is 0 Å². The summed E-state index contributed by atoms with van der Waals surface area (Å²) < 4.78 is 54.7. The number of rotatable bonds is 7. The molecule has 0 fully saturated rings. The Balaban J connectivity index is 1.77. The second kappa shape index (κ2) is 9.51. The minimum Gasteiger partial charge on any atom is -0.345 e. The first-order valence-electron chi connectivity index (χ1n) is 9.49. The molecule has 1 heterocycles. The van der Waals surface area contributed by atoms with Crippen molar-refractivity contribution >= 4 is 11.7 Å². The molecule has 0 radical (unpaired) electrons. The van der Waals surface area contributed by atoms with Crippen LogP contribution in [-0.4, -0.2) is 22.0 Å². The average Bonchev–Trinajstić information content (AvgIpc) is 3.15. The molecule has 0 unspecified atom stereocenters. The molecule has 3 aromatic rings. The lowest BCUT2D eigenvalue weighted by molar-refractivity contribution is -0.136. The van der Waals surface area contributed by atoms with Crippen molar-refractivity contribution in [3.05, 3.63) is 102 Å². The highest BCUT2D eigenvalue weighted by atomic mass is 19.4. The first-order chi connectivity index (χ1) is 14.8. The van der Waals surface area contributed by atoms with Crippen molar-refractivity contribution in [2.45, 2.75) is 19.3 Å². The Morgan fingerprint density at radius 2 is 1.77 bits per heavy atom. The fourth-order valence-corrected chi connectivity index (χ4v) is 3.14. The molecule has 162 valence electrons. The normalized spacial score (nSPS) is 11.2. The van der Waals surface area contributed by atoms with E-state index in [0.717, 1.165) is 17.3 Å². The number of amides is 2. The summed E-state index contributed by atoms with van der Waals surface area (Å²) in [6.07, 6.45) is -1.26. The molecule has 31 heavy (non-hydrogen) atoms. The van der Waals surface area contributed by atoms with Gasteiger partial charge in [0.2, 0.25) is 0 Å². The Bertz CT molecular complexity index is 1040. The molecule has 0 saturated carbocycles. The van der Waals surface area contributed by atoms with Gasteiger partial charge in [0.15, 0.2) is 0 Å². The molecule has 2 amide bonds. The van der Waals surface area contributed by atoms with Crippen LogP contribution in [0.5, 0.6) is 0 Å². The zero-order chi connectivity index (χ0) is 22.4. The van der Waals surface area contributed by atoms with E-state index >= 15 is 0 Å². The maximum atomic E-state index is 13.2. The van der Waals surface area contributed by atoms with Gasteiger partial charge in [0, 0.05) is 25.0 Å². The van der Waals surface area contributed by atoms with Gasteiger partial charge in [-0.2, -0.15) is 13.2 Å². The summed E-state index contributed by atoms with van der Waals surface area (Å²) in [5.41, 5.74) is 0.417. The van der Waals surface area contributed by atoms with E-state index in [9.17, 15) is 22.4 Å². The summed E-state index contributed by atoms with van der Waals surface area (Å²) in [4.78, 5) is 14.1. The van der Waals surface area contributed by atoms with Gasteiger partial charge in [-0.05, 0) is 42.0 Å². The Labute approximate surface area is 177 Å². The van der Waals surface area contributed by atoms with Crippen LogP contribution in [0, 0.1) is 5.82 Å². The molecular weight excluding hydrogens is 410 g/mol. The van der Waals surface area contributed by atoms with Crippen LogP contribution in [0.15, 0.2) is 79.5 Å². The summed E-state index contributed by atoms with van der Waals surface area (Å²) in [7, 11) is 0. The van der Waals surface area contributed by atoms with E-state index in [4.69, 9.17) is 0 Å². The number of para-hydroxylation sites is 1. The molecule has 4 nitrogen and oxygen atoms in total. The summed E-state index contributed by atoms with van der Waals surface area (Å²) in [5.74, 6) is -0.329. The number of nitrogens with one attached hydrogen (secondary N) is 1. The number of nitrogens with zero attached hydrogens (tertiary/aromatic N) is 2. The van der Waals surface area contributed by atoms with Gasteiger partial charge in [-0.15, -0.1) is 6.58 Å². The third-order valence-corrected chi connectivity index (χ3v) is 4.65. The predicted molar refractivity (Wildman–Crippen MR) is 111 cm³/mol. The standard InChI is InChI=1S/C23H21F4N3O/c1-2-13-30(22(31)28-21-8-4-3-7-20(21)23(25,26)27)16-19-6-5-14-29(19)15-17-9-11-18(24)12-10-17/h2-12,14H,1,13,15-16H2,(H,28,31). The van der Waals surface area contributed by atoms with Crippen molar-refractivity contribution in [3.8, 4) is 0 Å². The van der Waals surface area contributed by atoms with Gasteiger partial charge in [0.25, 0.3) is 0 Å². The number of benzene rings is 2. The fourth-order valence-electron chi connectivity index (χ4n) is 3.14. The molecule has 0 aliphatic carbocycles. The van der Waals surface area contributed by atoms with Gasteiger partial charge in [-0.1, -0.05) is 30.3 Å². The number of hydrogen-bond donors (Lipinski definition) is 1. The molecule has 0 spiro atoms. The molecule has 8 heteroatoms. The van der Waals surface area contributed by atoms with Crippen molar-refractivity contribution in [3.63, 3.8) is 0 Å². The van der Waals surface area contributed by atoms with E-state index in [1.807, 2.05) is 22.9 Å². The Morgan fingerprint density at radius 1 is 1.06 bits per heavy atom. The van der Waals surface area contributed by atoms with Crippen LogP contribution in [0.1, 0.15) is 16.8 Å². The summed E-state index contributed by atoms with van der Waals surface area (Å²) in [6.45, 7) is 4.39. The Kier molecular flexibility index (Phi) is 6.79. The van der Waals surface area contributed by atoms with E-state index < -0.39 is 17.8 Å². The smallest absolute Gasteiger partial charge is 0.345 e. The molecule has 0 bridgehead atoms. The van der Waals surface area contributed by atoms with Crippen LogP contribution in [0.25, 0.3) is 0 Å². The van der Waals surface area contributed by atoms with E-state index in [-0.39, 0.29) is 24.6 Å². The zero-order valence-electron chi connectivity index (χ0n) is 16.6. The first kappa shape index (κ1) is 22.1. The minimum absolute atomic E-state index is 0.141. The monoisotopic (exact) mass is 431 g/mol. The molecule has 1 N–H and O–H groups in total. The van der Waals surface area contributed by atoms with Crippen molar-refractivity contribution in [1.82, 2.24) is 9.47 Å². The fraction of sp³-hybridized carbons (Fsp3) is 0.174. The van der Waals surface area contributed by atoms with Crippen LogP contribution < -0.4 is 5.32 Å². The molecule has 0 aliphatic heterocycles. The lowest BCUT2D eigenvalue weighted by Gasteiger charge is -2.24. The number of urea groups is 1. The Hall–Kier alpha value is -3.55. The SMILES string of the molecule is C=CCN(Cc1cccn1Cc1ccc(F)cc1)C(=O)Nc1ccccc1C(F)(F)F. The highest BCUT2D eigenvalue weighted by molar-refractivity contribution is 5.90. The summed E-state index contributed by atoms with van der Waals surface area (Å²) in [6, 6.07) is 13.8. The highest BCUT2D eigenvalue weighted by Crippen LogP contribution is 2.34. The third-order valence-electron chi connectivity index (χ3n) is 4.65. The van der Waals surface area contributed by atoms with Crippen molar-refractivity contribution in [2.75, 3.05) is 11.9 Å². The maximum Gasteiger partial charge on any atom is 0.418 e. The van der Waals surface area contributed by atoms with Crippen LogP contribution >= 0.6 is 0 Å². The lowest BCUT2D eigenvalue weighted by atomic mass is 10.1. The van der Waals surface area contributed by atoms with Gasteiger partial charge in [-0.3, -0.25) is 0 Å². The minimum atomic E-state index is -4.59. The number of carbonyl (C=O) groups excluding carboxylic acids is 1. The van der Waals surface area contributed by atoms with Crippen LogP contribution in [0.2, 0.25) is 0 Å². The third kappa shape index (κ3) is 5.75. The number of aromatic nitrogens is 1. The average molecular weight is 431 g/mol. The number of anilines is 1. The zero-order valence-corrected chi connectivity index (χ0v) is 16.6. The van der Waals surface area contributed by atoms with Crippen molar-refractivity contribution < 1.29 is 22.4 Å². The molecule has 3 rings (SSSR count). The molecule has 1 aromatic heterocycles. The summed E-state index contributed by atoms with van der Waals surface area (Å²) in [5, 5.41) is 2.36. The highest BCUT2D eigenvalue weighted by Gasteiger charge is 2.33. The van der Waals surface area contributed by atoms with Gasteiger partial charge in [0.1, 0.15) is 5.82 Å². The largest absolute Gasteiger partial charge is 0.418 e. The molecule has 0 saturated heterocycles. The first-order valence-corrected chi connectivity index (χ1v) is 9.49. The van der Waals surface area contributed by atoms with Gasteiger partial charge < -0.3 is 14.8 Å². The van der Waals surface area contributed by atoms with Crippen molar-refractivity contribution in [2.24, 2.45) is 0 Å². The van der Waals surface area contributed by atoms with Gasteiger partial charge in [0.05, 0.1) is 17.8 Å². The quantitative estimate of drug-likeness (QED) is 0.366. The van der Waals surface area contributed by atoms with E-state index in [1.54, 1.807) is 12.1 Å². The van der Waals surface area contributed by atoms with E-state index in [2.05, 4.69) is 11.9 Å². The number of carbonyl (C=O) groups is 1. The van der Waals surface area contributed by atoms with E-state index in [1.165, 1.54) is 41.3 Å². The molecule has 0 atom stereocenters. The van der Waals surface area contributed by atoms with E-state index in [0.29, 0.717) is 6.54 Å². The molecule has 0 aliphatic rings. The van der Waals surface area contributed by atoms with Crippen LogP contribution in [0.4, 0.5) is 28.0 Å². The second-order valence-corrected chi connectivity index (χ2v) is 6.90. The van der Waals surface area contributed by atoms with Gasteiger partial charge >= 0.3 is 12.2 Å². The number of alkyl halides is 3. The summed E-state index contributed by atoms with van der Waals surface area (Å²) >= 11 is 0. The topological polar surface area (TPSA) is 37.3 Å². The number of halogens is 4. The maximum absolute atomic E-state index is 13.2. The van der Waals surface area contributed by atoms with Gasteiger partial charge in [-0.25, -0.2) is 9.18 Å². The number of hydrogen-bond acceptors (Lipinski definition) is 1. The lowest BCUT2D eigenvalue weighted by Crippen LogP contribution is -2.35. The Morgan fingerprint density at radius 3 is 2.45 bits per heavy atom.